The first-order chi connectivity index (χ1) is 18.7. The second-order valence-electron chi connectivity index (χ2n) is 13.1. The van der Waals surface area contributed by atoms with Gasteiger partial charge in [-0.2, -0.15) is 0 Å². The number of aliphatic hydroxyl groups is 1. The maximum absolute atomic E-state index is 15.0. The van der Waals surface area contributed by atoms with Gasteiger partial charge in [-0.15, -0.1) is 0 Å². The highest BCUT2D eigenvalue weighted by atomic mass is 32.2. The summed E-state index contributed by atoms with van der Waals surface area (Å²) in [4.78, 5) is 26.9. The third kappa shape index (κ3) is 4.60. The van der Waals surface area contributed by atoms with Gasteiger partial charge < -0.3 is 28.8 Å². The Morgan fingerprint density at radius 1 is 1.30 bits per heavy atom. The molecule has 0 radical (unpaired) electrons. The number of benzene rings is 1. The molecule has 2 N–H and O–H groups in total. The topological polar surface area (TPSA) is 125 Å². The van der Waals surface area contributed by atoms with Gasteiger partial charge in [0, 0.05) is 28.6 Å². The lowest BCUT2D eigenvalue weighted by molar-refractivity contribution is -0.210. The van der Waals surface area contributed by atoms with E-state index in [0.29, 0.717) is 18.4 Å². The number of esters is 1. The molecule has 220 valence electrons. The van der Waals surface area contributed by atoms with E-state index in [4.69, 9.17) is 14.1 Å². The standard InChI is InChI=1S/C29H40BFO8S/c1-16-8-10-29-11-9-19(32)25(29)28(16,4)21(12-27(3,15-40(5)36)26(34)17(29)2)39-22(33)14-37-20-7-6-18-13-38-30(35)23(18)24(20)31/h6-7,16-17,21,25-26,34-35H,8-15H2,1-5H3/t16-,17+,21-,25+,26+,27+,28+,29+,40?/m1/s1. The minimum Gasteiger partial charge on any atom is -0.617 e. The van der Waals surface area contributed by atoms with Crippen molar-refractivity contribution in [3.8, 4) is 5.75 Å². The van der Waals surface area contributed by atoms with Crippen LogP contribution < -0.4 is 10.2 Å². The highest BCUT2D eigenvalue weighted by Crippen LogP contribution is 2.68. The first-order valence-corrected chi connectivity index (χ1v) is 15.9. The van der Waals surface area contributed by atoms with Crippen molar-refractivity contribution >= 4 is 35.5 Å². The summed E-state index contributed by atoms with van der Waals surface area (Å²) in [5, 5.41) is 21.7. The van der Waals surface area contributed by atoms with E-state index >= 15 is 0 Å². The highest BCUT2D eigenvalue weighted by molar-refractivity contribution is 7.90. The third-order valence-electron chi connectivity index (χ3n) is 10.9. The molecule has 3 fully saturated rings. The zero-order chi connectivity index (χ0) is 29.2. The molecule has 2 bridgehead atoms. The first-order valence-electron chi connectivity index (χ1n) is 14.2. The van der Waals surface area contributed by atoms with Gasteiger partial charge in [0.1, 0.15) is 17.6 Å². The highest BCUT2D eigenvalue weighted by Gasteiger charge is 2.68. The molecular formula is C29H40BFO8S. The number of carbonyl (C=O) groups excluding carboxylic acids is 2. The van der Waals surface area contributed by atoms with E-state index in [9.17, 15) is 28.7 Å². The Morgan fingerprint density at radius 3 is 2.73 bits per heavy atom. The third-order valence-corrected chi connectivity index (χ3v) is 12.0. The monoisotopic (exact) mass is 578 g/mol. The molecule has 5 rings (SSSR count). The molecule has 8 nitrogen and oxygen atoms in total. The lowest BCUT2D eigenvalue weighted by Gasteiger charge is -2.61. The summed E-state index contributed by atoms with van der Waals surface area (Å²) >= 11 is -1.22. The number of ketones is 1. The number of carbonyl (C=O) groups is 2. The largest absolute Gasteiger partial charge is 0.617 e. The number of Topliss-reactive ketones (excluding diaryl/α,β-unsaturated/α-hetero) is 1. The van der Waals surface area contributed by atoms with Gasteiger partial charge in [0.25, 0.3) is 0 Å². The van der Waals surface area contributed by atoms with Gasteiger partial charge in [-0.05, 0) is 54.6 Å². The predicted octanol–water partition coefficient (Wildman–Crippen LogP) is 2.52. The van der Waals surface area contributed by atoms with Gasteiger partial charge in [0.05, 0.1) is 19.0 Å². The van der Waals surface area contributed by atoms with Crippen molar-refractivity contribution in [2.45, 2.75) is 78.6 Å². The van der Waals surface area contributed by atoms with Gasteiger partial charge >= 0.3 is 13.1 Å². The molecule has 1 aromatic carbocycles. The Balaban J connectivity index is 1.46. The van der Waals surface area contributed by atoms with Crippen LogP contribution in [-0.4, -0.2) is 64.4 Å². The smallest absolute Gasteiger partial charge is 0.494 e. The Hall–Kier alpha value is -1.66. The van der Waals surface area contributed by atoms with Gasteiger partial charge in [-0.1, -0.05) is 44.9 Å². The Bertz CT molecular complexity index is 1180. The van der Waals surface area contributed by atoms with Crippen LogP contribution in [0.15, 0.2) is 12.1 Å². The summed E-state index contributed by atoms with van der Waals surface area (Å²) in [6, 6.07) is 2.97. The molecule has 1 heterocycles. The zero-order valence-electron chi connectivity index (χ0n) is 23.9. The van der Waals surface area contributed by atoms with Crippen LogP contribution in [-0.2, 0) is 36.8 Å². The molecule has 11 heteroatoms. The number of ether oxygens (including phenoxy) is 2. The molecule has 0 aromatic heterocycles. The number of hydrogen-bond acceptors (Lipinski definition) is 8. The van der Waals surface area contributed by atoms with Crippen LogP contribution in [0.1, 0.15) is 65.4 Å². The fourth-order valence-electron chi connectivity index (χ4n) is 8.66. The summed E-state index contributed by atoms with van der Waals surface area (Å²) in [7, 11) is -1.40. The average Bonchev–Trinajstić information content (AvgIpc) is 3.44. The lowest BCUT2D eigenvalue weighted by atomic mass is 9.44. The molecule has 0 spiro atoms. The summed E-state index contributed by atoms with van der Waals surface area (Å²) in [6.45, 7) is 7.56. The van der Waals surface area contributed by atoms with E-state index in [1.54, 1.807) is 12.3 Å². The number of aliphatic hydroxyl groups excluding tert-OH is 1. The van der Waals surface area contributed by atoms with Crippen molar-refractivity contribution in [3.05, 3.63) is 23.5 Å². The molecule has 9 atom stereocenters. The molecule has 40 heavy (non-hydrogen) atoms. The molecule has 0 amide bonds. The van der Waals surface area contributed by atoms with Crippen LogP contribution in [0.2, 0.25) is 0 Å². The number of hydrogen-bond donors (Lipinski definition) is 2. The van der Waals surface area contributed by atoms with Crippen LogP contribution in [0, 0.1) is 39.8 Å². The van der Waals surface area contributed by atoms with Crippen molar-refractivity contribution in [2.75, 3.05) is 18.6 Å². The van der Waals surface area contributed by atoms with Crippen LogP contribution in [0.25, 0.3) is 0 Å². The summed E-state index contributed by atoms with van der Waals surface area (Å²) in [6.07, 6.45) is 3.01. The number of rotatable bonds is 6. The molecule has 0 saturated heterocycles. The molecule has 3 saturated carbocycles. The summed E-state index contributed by atoms with van der Waals surface area (Å²) < 4.78 is 44.2. The maximum Gasteiger partial charge on any atom is 0.494 e. The Morgan fingerprint density at radius 2 is 2.02 bits per heavy atom. The van der Waals surface area contributed by atoms with Gasteiger partial charge in [-0.25, -0.2) is 9.18 Å². The number of halogens is 1. The molecule has 1 aromatic rings. The quantitative estimate of drug-likeness (QED) is 0.300. The Labute approximate surface area is 238 Å². The van der Waals surface area contributed by atoms with Crippen LogP contribution in [0.4, 0.5) is 4.39 Å². The normalized spacial score (nSPS) is 39.7. The van der Waals surface area contributed by atoms with Gasteiger partial charge in [0.2, 0.25) is 0 Å². The van der Waals surface area contributed by atoms with E-state index in [2.05, 4.69) is 6.92 Å². The minimum absolute atomic E-state index is 0.00282. The predicted molar refractivity (Wildman–Crippen MR) is 148 cm³/mol. The second-order valence-corrected chi connectivity index (χ2v) is 14.6. The average molecular weight is 579 g/mol. The molecule has 4 aliphatic rings. The van der Waals surface area contributed by atoms with Crippen molar-refractivity contribution < 1.29 is 42.8 Å². The van der Waals surface area contributed by atoms with Crippen molar-refractivity contribution in [1.29, 1.82) is 0 Å². The van der Waals surface area contributed by atoms with Crippen LogP contribution in [0.5, 0.6) is 5.75 Å². The lowest BCUT2D eigenvalue weighted by Crippen LogP contribution is -2.64. The fraction of sp³-hybridized carbons (Fsp3) is 0.724. The van der Waals surface area contributed by atoms with E-state index in [1.807, 2.05) is 20.8 Å². The van der Waals surface area contributed by atoms with E-state index in [-0.39, 0.29) is 53.5 Å². The molecule has 3 aliphatic carbocycles. The molecular weight excluding hydrogens is 538 g/mol. The first kappa shape index (κ1) is 29.8. The fourth-order valence-corrected chi connectivity index (χ4v) is 9.88. The van der Waals surface area contributed by atoms with Crippen LogP contribution >= 0.6 is 0 Å². The summed E-state index contributed by atoms with van der Waals surface area (Å²) in [5.74, 6) is -1.84. The SMILES string of the molecule is C[C@@H]1CC[C@@]23CCC(=O)[C@H]2[C@]1(C)[C@H](OC(=O)COc1ccc2c(c1F)B(O)OC2)C[C@@](C)(C[S+](C)[O-])[C@@H](O)[C@@H]3C. The van der Waals surface area contributed by atoms with Gasteiger partial charge in [0.15, 0.2) is 18.2 Å². The number of fused-ring (bicyclic) bond motifs is 1. The van der Waals surface area contributed by atoms with Crippen LogP contribution in [0.3, 0.4) is 0 Å². The Kier molecular flexibility index (Phi) is 7.87. The van der Waals surface area contributed by atoms with E-state index in [1.165, 1.54) is 6.07 Å². The van der Waals surface area contributed by atoms with Gasteiger partial charge in [-0.3, -0.25) is 4.79 Å². The van der Waals surface area contributed by atoms with Crippen molar-refractivity contribution in [3.63, 3.8) is 0 Å². The van der Waals surface area contributed by atoms with Crippen molar-refractivity contribution in [1.82, 2.24) is 0 Å². The molecule has 1 aliphatic heterocycles. The second kappa shape index (κ2) is 10.6. The molecule has 1 unspecified atom stereocenters. The van der Waals surface area contributed by atoms with E-state index in [0.717, 1.165) is 12.8 Å². The minimum atomic E-state index is -1.40. The van der Waals surface area contributed by atoms with Crippen molar-refractivity contribution in [2.24, 2.45) is 34.0 Å². The zero-order valence-corrected chi connectivity index (χ0v) is 24.7. The summed E-state index contributed by atoms with van der Waals surface area (Å²) in [5.41, 5.74) is -1.44. The maximum atomic E-state index is 15.0. The van der Waals surface area contributed by atoms with E-state index < -0.39 is 65.1 Å².